The molecular weight excluding hydrogens is 256 g/mol. The zero-order valence-electron chi connectivity index (χ0n) is 12.3. The van der Waals surface area contributed by atoms with Gasteiger partial charge in [0.1, 0.15) is 0 Å². The molecule has 0 fully saturated rings. The summed E-state index contributed by atoms with van der Waals surface area (Å²) in [4.78, 5) is 11.3. The topological polar surface area (TPSA) is 114 Å². The van der Waals surface area contributed by atoms with Gasteiger partial charge >= 0.3 is 0 Å². The Morgan fingerprint density at radius 2 is 1.35 bits per heavy atom. The number of nitrogen functional groups attached to an aromatic ring is 2. The molecule has 0 bridgehead atoms. The Labute approximate surface area is 120 Å². The van der Waals surface area contributed by atoms with Gasteiger partial charge in [-0.25, -0.2) is 5.06 Å². The Hall–Kier alpha value is -1.63. The van der Waals surface area contributed by atoms with Crippen molar-refractivity contribution in [2.24, 2.45) is 0 Å². The van der Waals surface area contributed by atoms with E-state index in [-0.39, 0.29) is 17.8 Å². The summed E-state index contributed by atoms with van der Waals surface area (Å²) in [7, 11) is 0. The molecule has 0 saturated heterocycles. The number of nitrogens with two attached hydrogens (primary N) is 2. The smallest absolute Gasteiger partial charge is 0.256 e. The summed E-state index contributed by atoms with van der Waals surface area (Å²) < 4.78 is 0. The van der Waals surface area contributed by atoms with E-state index in [2.05, 4.69) is 21.9 Å². The first-order valence-corrected chi connectivity index (χ1v) is 7.37. The number of nitrogens with zero attached hydrogens (tertiary/aromatic N) is 4. The highest BCUT2D eigenvalue weighted by Crippen LogP contribution is 2.11. The van der Waals surface area contributed by atoms with Gasteiger partial charge in [-0.2, -0.15) is 15.0 Å². The van der Waals surface area contributed by atoms with Crippen LogP contribution in [0.5, 0.6) is 0 Å². The molecule has 0 atom stereocenters. The molecular formula is C13H26N6O. The van der Waals surface area contributed by atoms with Crippen molar-refractivity contribution in [1.82, 2.24) is 15.0 Å². The van der Waals surface area contributed by atoms with Gasteiger partial charge in [0.15, 0.2) is 0 Å². The van der Waals surface area contributed by atoms with Crippen LogP contribution in [-0.4, -0.2) is 26.7 Å². The highest BCUT2D eigenvalue weighted by molar-refractivity contribution is 5.37. The van der Waals surface area contributed by atoms with Gasteiger partial charge in [0.2, 0.25) is 11.9 Å². The van der Waals surface area contributed by atoms with Crippen molar-refractivity contribution in [3.05, 3.63) is 0 Å². The third kappa shape index (κ3) is 6.51. The fourth-order valence-corrected chi connectivity index (χ4v) is 2.01. The van der Waals surface area contributed by atoms with Crippen molar-refractivity contribution in [2.75, 3.05) is 23.1 Å². The van der Waals surface area contributed by atoms with Crippen LogP contribution in [0.2, 0.25) is 0 Å². The standard InChI is InChI=1S/C13H26N6O/c1-2-3-4-5-6-7-8-9-10-19(20)13-17-11(14)16-12(15)18-13/h20H,2-10H2,1H3,(H4,14,15,16,17,18). The Morgan fingerprint density at radius 3 is 1.90 bits per heavy atom. The number of rotatable bonds is 10. The Morgan fingerprint density at radius 1 is 0.850 bits per heavy atom. The van der Waals surface area contributed by atoms with E-state index in [9.17, 15) is 5.21 Å². The van der Waals surface area contributed by atoms with Crippen LogP contribution in [0.4, 0.5) is 17.8 Å². The summed E-state index contributed by atoms with van der Waals surface area (Å²) in [6, 6.07) is 0. The van der Waals surface area contributed by atoms with Crippen molar-refractivity contribution in [1.29, 1.82) is 0 Å². The minimum Gasteiger partial charge on any atom is -0.368 e. The molecule has 0 radical (unpaired) electrons. The zero-order valence-corrected chi connectivity index (χ0v) is 12.3. The fraction of sp³-hybridized carbons (Fsp3) is 0.769. The highest BCUT2D eigenvalue weighted by Gasteiger charge is 2.08. The average molecular weight is 282 g/mol. The van der Waals surface area contributed by atoms with Gasteiger partial charge < -0.3 is 11.5 Å². The lowest BCUT2D eigenvalue weighted by Crippen LogP contribution is -2.23. The average Bonchev–Trinajstić information content (AvgIpc) is 2.40. The van der Waals surface area contributed by atoms with Crippen LogP contribution in [-0.2, 0) is 0 Å². The second kappa shape index (κ2) is 9.30. The van der Waals surface area contributed by atoms with Crippen molar-refractivity contribution in [3.8, 4) is 0 Å². The van der Waals surface area contributed by atoms with Crippen molar-refractivity contribution in [3.63, 3.8) is 0 Å². The van der Waals surface area contributed by atoms with Crippen molar-refractivity contribution >= 4 is 17.8 Å². The van der Waals surface area contributed by atoms with Crippen molar-refractivity contribution < 1.29 is 5.21 Å². The molecule has 1 aromatic heterocycles. The summed E-state index contributed by atoms with van der Waals surface area (Å²) in [5.74, 6) is 0.142. The maximum Gasteiger partial charge on any atom is 0.256 e. The zero-order chi connectivity index (χ0) is 14.8. The van der Waals surface area contributed by atoms with Gasteiger partial charge in [-0.1, -0.05) is 51.9 Å². The summed E-state index contributed by atoms with van der Waals surface area (Å²) in [6.07, 6.45) is 9.65. The summed E-state index contributed by atoms with van der Waals surface area (Å²) >= 11 is 0. The number of hydrogen-bond acceptors (Lipinski definition) is 7. The highest BCUT2D eigenvalue weighted by atomic mass is 16.5. The van der Waals surface area contributed by atoms with E-state index in [0.717, 1.165) is 17.9 Å². The largest absolute Gasteiger partial charge is 0.368 e. The molecule has 0 aliphatic heterocycles. The van der Waals surface area contributed by atoms with Crippen LogP contribution in [0, 0.1) is 0 Å². The van der Waals surface area contributed by atoms with E-state index in [1.54, 1.807) is 0 Å². The predicted octanol–water partition coefficient (Wildman–Crippen LogP) is 2.37. The molecule has 0 spiro atoms. The van der Waals surface area contributed by atoms with Gasteiger partial charge in [0, 0.05) is 6.54 Å². The third-order valence-corrected chi connectivity index (χ3v) is 3.11. The van der Waals surface area contributed by atoms with Crippen LogP contribution >= 0.6 is 0 Å². The monoisotopic (exact) mass is 282 g/mol. The van der Waals surface area contributed by atoms with Crippen LogP contribution < -0.4 is 16.5 Å². The van der Waals surface area contributed by atoms with Gasteiger partial charge in [0.05, 0.1) is 0 Å². The lowest BCUT2D eigenvalue weighted by atomic mass is 10.1. The van der Waals surface area contributed by atoms with Crippen LogP contribution in [0.3, 0.4) is 0 Å². The molecule has 0 unspecified atom stereocenters. The SMILES string of the molecule is CCCCCCCCCCN(O)c1nc(N)nc(N)n1. The first kappa shape index (κ1) is 16.4. The minimum absolute atomic E-state index is 0.0162. The maximum absolute atomic E-state index is 9.81. The quantitative estimate of drug-likeness (QED) is 0.446. The molecule has 7 heteroatoms. The Kier molecular flexibility index (Phi) is 7.64. The summed E-state index contributed by atoms with van der Waals surface area (Å²) in [5, 5.41) is 10.8. The van der Waals surface area contributed by atoms with Gasteiger partial charge in [-0.3, -0.25) is 5.21 Å². The van der Waals surface area contributed by atoms with Gasteiger partial charge in [-0.05, 0) is 6.42 Å². The molecule has 7 nitrogen and oxygen atoms in total. The maximum atomic E-state index is 9.81. The molecule has 0 aliphatic carbocycles. The third-order valence-electron chi connectivity index (χ3n) is 3.11. The number of aromatic nitrogens is 3. The van der Waals surface area contributed by atoms with E-state index in [0.29, 0.717) is 6.54 Å². The van der Waals surface area contributed by atoms with Crippen LogP contribution in [0.15, 0.2) is 0 Å². The van der Waals surface area contributed by atoms with Gasteiger partial charge in [0.25, 0.3) is 5.95 Å². The molecule has 0 aromatic carbocycles. The van der Waals surface area contributed by atoms with Crippen LogP contribution in [0.1, 0.15) is 58.3 Å². The fourth-order valence-electron chi connectivity index (χ4n) is 2.01. The van der Waals surface area contributed by atoms with E-state index in [1.165, 1.54) is 38.5 Å². The molecule has 5 N–H and O–H groups in total. The second-order valence-electron chi connectivity index (χ2n) is 4.95. The molecule has 1 rings (SSSR count). The molecule has 0 saturated carbocycles. The summed E-state index contributed by atoms with van der Waals surface area (Å²) in [6.45, 7) is 2.69. The van der Waals surface area contributed by atoms with Crippen molar-refractivity contribution in [2.45, 2.75) is 58.3 Å². The number of anilines is 3. The van der Waals surface area contributed by atoms with E-state index < -0.39 is 0 Å². The Balaban J connectivity index is 2.15. The molecule has 1 aromatic rings. The first-order valence-electron chi connectivity index (χ1n) is 7.37. The summed E-state index contributed by atoms with van der Waals surface area (Å²) in [5.41, 5.74) is 10.9. The van der Waals surface area contributed by atoms with E-state index >= 15 is 0 Å². The molecule has 1 heterocycles. The normalized spacial score (nSPS) is 10.7. The lowest BCUT2D eigenvalue weighted by Gasteiger charge is -2.14. The predicted molar refractivity (Wildman–Crippen MR) is 80.4 cm³/mol. The Bertz CT molecular complexity index is 367. The number of hydrogen-bond donors (Lipinski definition) is 3. The molecule has 20 heavy (non-hydrogen) atoms. The van der Waals surface area contributed by atoms with Gasteiger partial charge in [-0.15, -0.1) is 0 Å². The first-order chi connectivity index (χ1) is 9.63. The molecule has 0 aliphatic rings. The second-order valence-corrected chi connectivity index (χ2v) is 4.95. The minimum atomic E-state index is 0.0162. The van der Waals surface area contributed by atoms with E-state index in [1.807, 2.05) is 0 Å². The lowest BCUT2D eigenvalue weighted by molar-refractivity contribution is 0.244. The number of hydroxylamine groups is 1. The molecule has 114 valence electrons. The van der Waals surface area contributed by atoms with E-state index in [4.69, 9.17) is 11.5 Å². The number of unbranched alkanes of at least 4 members (excludes halogenated alkanes) is 7. The molecule has 0 amide bonds. The van der Waals surface area contributed by atoms with Crippen LogP contribution in [0.25, 0.3) is 0 Å².